The number of carbonyl (C=O) groups is 1. The van der Waals surface area contributed by atoms with Gasteiger partial charge in [0.1, 0.15) is 5.75 Å². The Balaban J connectivity index is 2.09. The first-order chi connectivity index (χ1) is 7.26. The number of hydrogen-bond donors (Lipinski definition) is 0. The zero-order valence-electron chi connectivity index (χ0n) is 8.90. The van der Waals surface area contributed by atoms with Crippen LogP contribution in [0.2, 0.25) is 0 Å². The second-order valence-electron chi connectivity index (χ2n) is 3.75. The fourth-order valence-corrected chi connectivity index (χ4v) is 1.85. The van der Waals surface area contributed by atoms with E-state index in [-0.39, 0.29) is 11.9 Å². The third kappa shape index (κ3) is 1.96. The minimum Gasteiger partial charge on any atom is -0.497 e. The summed E-state index contributed by atoms with van der Waals surface area (Å²) in [5.41, 5.74) is 1.16. The van der Waals surface area contributed by atoms with Crippen LogP contribution in [0.25, 0.3) is 0 Å². The van der Waals surface area contributed by atoms with Gasteiger partial charge in [-0.2, -0.15) is 0 Å². The van der Waals surface area contributed by atoms with Crippen molar-refractivity contribution in [1.82, 2.24) is 0 Å². The lowest BCUT2D eigenvalue weighted by Gasteiger charge is -2.03. The predicted octanol–water partition coefficient (Wildman–Crippen LogP) is 1.97. The Morgan fingerprint density at radius 3 is 2.87 bits per heavy atom. The molecule has 1 aliphatic carbocycles. The molecular weight excluding hydrogens is 192 g/mol. The van der Waals surface area contributed by atoms with E-state index >= 15 is 0 Å². The number of methoxy groups -OCH3 is 2. The smallest absolute Gasteiger partial charge is 0.309 e. The monoisotopic (exact) mass is 206 g/mol. The van der Waals surface area contributed by atoms with E-state index in [2.05, 4.69) is 0 Å². The number of rotatable bonds is 3. The molecule has 2 rings (SSSR count). The lowest BCUT2D eigenvalue weighted by atomic mass is 10.1. The molecule has 1 aromatic carbocycles. The van der Waals surface area contributed by atoms with Gasteiger partial charge < -0.3 is 9.47 Å². The number of ether oxygens (including phenoxy) is 2. The summed E-state index contributed by atoms with van der Waals surface area (Å²) in [6.07, 6.45) is 0.889. The second kappa shape index (κ2) is 3.93. The summed E-state index contributed by atoms with van der Waals surface area (Å²) in [7, 11) is 3.08. The maximum atomic E-state index is 11.3. The van der Waals surface area contributed by atoms with E-state index in [1.807, 2.05) is 24.3 Å². The van der Waals surface area contributed by atoms with E-state index < -0.39 is 0 Å². The lowest BCUT2D eigenvalue weighted by Crippen LogP contribution is -2.03. The molecule has 2 atom stereocenters. The van der Waals surface area contributed by atoms with Crippen molar-refractivity contribution in [3.8, 4) is 5.75 Å². The fourth-order valence-electron chi connectivity index (χ4n) is 1.85. The molecule has 0 aliphatic heterocycles. The van der Waals surface area contributed by atoms with Crippen molar-refractivity contribution in [1.29, 1.82) is 0 Å². The number of esters is 1. The van der Waals surface area contributed by atoms with Crippen LogP contribution in [-0.2, 0) is 9.53 Å². The SMILES string of the molecule is COC(=O)[C@@H]1C[C@H]1c1cccc(OC)c1. The Kier molecular flexibility index (Phi) is 2.62. The van der Waals surface area contributed by atoms with Crippen LogP contribution in [0.4, 0.5) is 0 Å². The molecule has 0 radical (unpaired) electrons. The Labute approximate surface area is 89.0 Å². The third-order valence-electron chi connectivity index (χ3n) is 2.82. The summed E-state index contributed by atoms with van der Waals surface area (Å²) in [5, 5.41) is 0. The molecule has 3 nitrogen and oxygen atoms in total. The predicted molar refractivity (Wildman–Crippen MR) is 55.9 cm³/mol. The normalized spacial score (nSPS) is 23.3. The van der Waals surface area contributed by atoms with Crippen LogP contribution in [0.15, 0.2) is 24.3 Å². The summed E-state index contributed by atoms with van der Waals surface area (Å²) in [6, 6.07) is 7.85. The standard InChI is InChI=1S/C12H14O3/c1-14-9-5-3-4-8(6-9)10-7-11(10)12(13)15-2/h3-6,10-11H,7H2,1-2H3/t10-,11+/m0/s1. The highest BCUT2D eigenvalue weighted by Crippen LogP contribution is 2.48. The molecule has 0 aromatic heterocycles. The molecule has 1 fully saturated rings. The number of carbonyl (C=O) groups excluding carboxylic acids is 1. The third-order valence-corrected chi connectivity index (χ3v) is 2.82. The molecule has 1 saturated carbocycles. The minimum atomic E-state index is -0.109. The quantitative estimate of drug-likeness (QED) is 0.709. The van der Waals surface area contributed by atoms with Crippen LogP contribution in [0, 0.1) is 5.92 Å². The molecule has 0 amide bonds. The van der Waals surface area contributed by atoms with Crippen molar-refractivity contribution >= 4 is 5.97 Å². The summed E-state index contributed by atoms with van der Waals surface area (Å²) in [6.45, 7) is 0. The van der Waals surface area contributed by atoms with Gasteiger partial charge in [0.15, 0.2) is 0 Å². The zero-order valence-corrected chi connectivity index (χ0v) is 8.90. The van der Waals surface area contributed by atoms with Crippen molar-refractivity contribution < 1.29 is 14.3 Å². The van der Waals surface area contributed by atoms with Crippen LogP contribution in [0.3, 0.4) is 0 Å². The summed E-state index contributed by atoms with van der Waals surface area (Å²) < 4.78 is 9.85. The average molecular weight is 206 g/mol. The van der Waals surface area contributed by atoms with Crippen molar-refractivity contribution in [3.63, 3.8) is 0 Å². The average Bonchev–Trinajstić information content (AvgIpc) is 3.08. The molecule has 0 saturated heterocycles. The maximum absolute atomic E-state index is 11.3. The van der Waals surface area contributed by atoms with Gasteiger partial charge in [-0.05, 0) is 30.0 Å². The van der Waals surface area contributed by atoms with Gasteiger partial charge in [0.2, 0.25) is 0 Å². The van der Waals surface area contributed by atoms with Gasteiger partial charge in [0.25, 0.3) is 0 Å². The second-order valence-corrected chi connectivity index (χ2v) is 3.75. The van der Waals surface area contributed by atoms with Crippen molar-refractivity contribution in [2.75, 3.05) is 14.2 Å². The summed E-state index contributed by atoms with van der Waals surface area (Å²) in [5.74, 6) is 1.08. The van der Waals surface area contributed by atoms with Crippen LogP contribution in [0.1, 0.15) is 17.9 Å². The van der Waals surface area contributed by atoms with Crippen LogP contribution < -0.4 is 4.74 Å². The Morgan fingerprint density at radius 1 is 1.40 bits per heavy atom. The summed E-state index contributed by atoms with van der Waals surface area (Å²) in [4.78, 5) is 11.3. The Hall–Kier alpha value is -1.51. The van der Waals surface area contributed by atoms with Gasteiger partial charge in [-0.25, -0.2) is 0 Å². The Bertz CT molecular complexity index is 373. The molecular formula is C12H14O3. The van der Waals surface area contributed by atoms with E-state index in [9.17, 15) is 4.79 Å². The van der Waals surface area contributed by atoms with Gasteiger partial charge in [-0.1, -0.05) is 12.1 Å². The van der Waals surface area contributed by atoms with E-state index in [1.165, 1.54) is 7.11 Å². The topological polar surface area (TPSA) is 35.5 Å². The Morgan fingerprint density at radius 2 is 2.20 bits per heavy atom. The van der Waals surface area contributed by atoms with Crippen LogP contribution in [-0.4, -0.2) is 20.2 Å². The molecule has 0 N–H and O–H groups in total. The highest BCUT2D eigenvalue weighted by Gasteiger charge is 2.44. The highest BCUT2D eigenvalue weighted by atomic mass is 16.5. The molecule has 0 heterocycles. The molecule has 1 aromatic rings. The van der Waals surface area contributed by atoms with Gasteiger partial charge in [0.05, 0.1) is 20.1 Å². The number of benzene rings is 1. The highest BCUT2D eigenvalue weighted by molar-refractivity contribution is 5.77. The first-order valence-corrected chi connectivity index (χ1v) is 4.98. The van der Waals surface area contributed by atoms with Crippen molar-refractivity contribution in [2.24, 2.45) is 5.92 Å². The molecule has 3 heteroatoms. The van der Waals surface area contributed by atoms with E-state index in [1.54, 1.807) is 7.11 Å². The maximum Gasteiger partial charge on any atom is 0.309 e. The lowest BCUT2D eigenvalue weighted by molar-refractivity contribution is -0.142. The molecule has 80 valence electrons. The van der Waals surface area contributed by atoms with E-state index in [0.29, 0.717) is 5.92 Å². The first kappa shape index (κ1) is 10.0. The van der Waals surface area contributed by atoms with Crippen molar-refractivity contribution in [3.05, 3.63) is 29.8 Å². The molecule has 0 spiro atoms. The minimum absolute atomic E-state index is 0.0436. The summed E-state index contributed by atoms with van der Waals surface area (Å²) >= 11 is 0. The molecule has 15 heavy (non-hydrogen) atoms. The number of hydrogen-bond acceptors (Lipinski definition) is 3. The molecule has 0 unspecified atom stereocenters. The van der Waals surface area contributed by atoms with E-state index in [0.717, 1.165) is 17.7 Å². The van der Waals surface area contributed by atoms with Crippen molar-refractivity contribution in [2.45, 2.75) is 12.3 Å². The zero-order chi connectivity index (χ0) is 10.8. The fraction of sp³-hybridized carbons (Fsp3) is 0.417. The van der Waals surface area contributed by atoms with Gasteiger partial charge in [-0.15, -0.1) is 0 Å². The largest absolute Gasteiger partial charge is 0.497 e. The van der Waals surface area contributed by atoms with Gasteiger partial charge in [0, 0.05) is 0 Å². The van der Waals surface area contributed by atoms with Gasteiger partial charge >= 0.3 is 5.97 Å². The molecule has 1 aliphatic rings. The van der Waals surface area contributed by atoms with Gasteiger partial charge in [-0.3, -0.25) is 4.79 Å². The van der Waals surface area contributed by atoms with Crippen LogP contribution in [0.5, 0.6) is 5.75 Å². The van der Waals surface area contributed by atoms with E-state index in [4.69, 9.17) is 9.47 Å². The first-order valence-electron chi connectivity index (χ1n) is 4.98. The van der Waals surface area contributed by atoms with Crippen LogP contribution >= 0.6 is 0 Å². The molecule has 0 bridgehead atoms.